The molecule has 0 saturated carbocycles. The van der Waals surface area contributed by atoms with Gasteiger partial charge in [-0.05, 0) is 29.8 Å². The molecule has 0 unspecified atom stereocenters. The molecule has 0 bridgehead atoms. The van der Waals surface area contributed by atoms with Crippen molar-refractivity contribution in [1.29, 1.82) is 0 Å². The first-order valence-corrected chi connectivity index (χ1v) is 9.21. The molecule has 0 spiro atoms. The molecule has 1 N–H and O–H groups in total. The second kappa shape index (κ2) is 7.68. The number of carbonyl (C=O) groups excluding carboxylic acids is 1. The molecule has 6 heteroatoms. The number of aromatic nitrogens is 1. The van der Waals surface area contributed by atoms with Crippen LogP contribution in [0.5, 0.6) is 11.5 Å². The summed E-state index contributed by atoms with van der Waals surface area (Å²) in [5, 5.41) is 3.00. The SMILES string of the molecule is COc1ccc(NC(=O)N2CCn3cccc3[C@@H]2c2ccccc2)c(OC)c1. The molecule has 0 radical (unpaired) electrons. The van der Waals surface area contributed by atoms with Crippen LogP contribution in [0.25, 0.3) is 0 Å². The molecule has 0 fully saturated rings. The number of ether oxygens (including phenoxy) is 2. The van der Waals surface area contributed by atoms with Crippen molar-refractivity contribution < 1.29 is 14.3 Å². The molecule has 2 heterocycles. The third-order valence-electron chi connectivity index (χ3n) is 5.06. The van der Waals surface area contributed by atoms with Crippen LogP contribution in [0.4, 0.5) is 10.5 Å². The predicted molar refractivity (Wildman–Crippen MR) is 108 cm³/mol. The summed E-state index contributed by atoms with van der Waals surface area (Å²) in [5.74, 6) is 1.23. The van der Waals surface area contributed by atoms with Gasteiger partial charge in [0.05, 0.1) is 25.9 Å². The summed E-state index contributed by atoms with van der Waals surface area (Å²) in [7, 11) is 3.17. The number of hydrogen-bond donors (Lipinski definition) is 1. The highest BCUT2D eigenvalue weighted by atomic mass is 16.5. The number of methoxy groups -OCH3 is 2. The molecule has 2 aromatic carbocycles. The van der Waals surface area contributed by atoms with Crippen LogP contribution in [0.2, 0.25) is 0 Å². The molecule has 3 aromatic rings. The highest BCUT2D eigenvalue weighted by molar-refractivity contribution is 5.91. The van der Waals surface area contributed by atoms with Gasteiger partial charge in [-0.3, -0.25) is 0 Å². The van der Waals surface area contributed by atoms with Gasteiger partial charge < -0.3 is 24.3 Å². The Bertz CT molecular complexity index is 968. The standard InChI is InChI=1S/C22H23N3O3/c1-27-17-10-11-18(20(15-17)28-2)23-22(26)25-14-13-24-12-6-9-19(24)21(25)16-7-4-3-5-8-16/h3-12,15,21H,13-14H2,1-2H3,(H,23,26)/t21-/m0/s1. The summed E-state index contributed by atoms with van der Waals surface area (Å²) in [6.45, 7) is 1.38. The third-order valence-corrected chi connectivity index (χ3v) is 5.06. The van der Waals surface area contributed by atoms with Gasteiger partial charge >= 0.3 is 6.03 Å². The van der Waals surface area contributed by atoms with E-state index in [1.807, 2.05) is 29.2 Å². The average molecular weight is 377 g/mol. The van der Waals surface area contributed by atoms with E-state index in [1.165, 1.54) is 0 Å². The lowest BCUT2D eigenvalue weighted by Crippen LogP contribution is -2.44. The zero-order valence-corrected chi connectivity index (χ0v) is 16.0. The smallest absolute Gasteiger partial charge is 0.322 e. The first-order chi connectivity index (χ1) is 13.7. The molecule has 1 aliphatic rings. The summed E-state index contributed by atoms with van der Waals surface area (Å²) < 4.78 is 12.8. The fourth-order valence-electron chi connectivity index (χ4n) is 3.68. The van der Waals surface area contributed by atoms with E-state index in [0.717, 1.165) is 17.8 Å². The Labute approximate surface area is 164 Å². The first-order valence-electron chi connectivity index (χ1n) is 9.21. The number of nitrogens with one attached hydrogen (secondary N) is 1. The quantitative estimate of drug-likeness (QED) is 0.743. The Morgan fingerprint density at radius 3 is 2.57 bits per heavy atom. The maximum absolute atomic E-state index is 13.2. The second-order valence-corrected chi connectivity index (χ2v) is 6.63. The van der Waals surface area contributed by atoms with Crippen molar-refractivity contribution in [1.82, 2.24) is 9.47 Å². The average Bonchev–Trinajstić information content (AvgIpc) is 3.22. The van der Waals surface area contributed by atoms with E-state index in [4.69, 9.17) is 9.47 Å². The lowest BCUT2D eigenvalue weighted by molar-refractivity contribution is 0.181. The number of nitrogens with zero attached hydrogens (tertiary/aromatic N) is 2. The summed E-state index contributed by atoms with van der Waals surface area (Å²) in [6, 6.07) is 19.2. The monoisotopic (exact) mass is 377 g/mol. The van der Waals surface area contributed by atoms with Crippen LogP contribution in [-0.2, 0) is 6.54 Å². The Hall–Kier alpha value is -3.41. The van der Waals surface area contributed by atoms with Crippen LogP contribution in [-0.4, -0.2) is 36.3 Å². The molecule has 0 saturated heterocycles. The van der Waals surface area contributed by atoms with Gasteiger partial charge in [0.15, 0.2) is 0 Å². The number of anilines is 1. The Morgan fingerprint density at radius 1 is 1.00 bits per heavy atom. The van der Waals surface area contributed by atoms with Crippen molar-refractivity contribution in [2.24, 2.45) is 0 Å². The number of hydrogen-bond acceptors (Lipinski definition) is 3. The Morgan fingerprint density at radius 2 is 1.82 bits per heavy atom. The van der Waals surface area contributed by atoms with Crippen molar-refractivity contribution in [3.63, 3.8) is 0 Å². The predicted octanol–water partition coefficient (Wildman–Crippen LogP) is 4.14. The highest BCUT2D eigenvalue weighted by Crippen LogP contribution is 2.34. The highest BCUT2D eigenvalue weighted by Gasteiger charge is 2.32. The summed E-state index contributed by atoms with van der Waals surface area (Å²) in [5.41, 5.74) is 2.80. The molecular formula is C22H23N3O3. The molecule has 144 valence electrons. The molecular weight excluding hydrogens is 354 g/mol. The Kier molecular flexibility index (Phi) is 4.93. The van der Waals surface area contributed by atoms with E-state index >= 15 is 0 Å². The van der Waals surface area contributed by atoms with Gasteiger partial charge in [-0.1, -0.05) is 30.3 Å². The molecule has 1 atom stereocenters. The fraction of sp³-hybridized carbons (Fsp3) is 0.227. The topological polar surface area (TPSA) is 55.7 Å². The van der Waals surface area contributed by atoms with Gasteiger partial charge in [0.25, 0.3) is 0 Å². The largest absolute Gasteiger partial charge is 0.497 e. The zero-order chi connectivity index (χ0) is 19.5. The zero-order valence-electron chi connectivity index (χ0n) is 16.0. The van der Waals surface area contributed by atoms with Gasteiger partial charge in [-0.2, -0.15) is 0 Å². The second-order valence-electron chi connectivity index (χ2n) is 6.63. The molecule has 4 rings (SSSR count). The molecule has 1 aromatic heterocycles. The van der Waals surface area contributed by atoms with E-state index in [1.54, 1.807) is 32.4 Å². The van der Waals surface area contributed by atoms with Gasteiger partial charge in [0.2, 0.25) is 0 Å². The van der Waals surface area contributed by atoms with E-state index in [-0.39, 0.29) is 12.1 Å². The van der Waals surface area contributed by atoms with Crippen LogP contribution in [0.15, 0.2) is 66.9 Å². The minimum absolute atomic E-state index is 0.144. The number of urea groups is 1. The van der Waals surface area contributed by atoms with Crippen LogP contribution in [0, 0.1) is 0 Å². The Balaban J connectivity index is 1.65. The van der Waals surface area contributed by atoms with Gasteiger partial charge in [-0.25, -0.2) is 4.79 Å². The molecule has 0 aliphatic carbocycles. The van der Waals surface area contributed by atoms with E-state index in [2.05, 4.69) is 34.3 Å². The molecule has 2 amide bonds. The van der Waals surface area contributed by atoms with Crippen molar-refractivity contribution in [3.8, 4) is 11.5 Å². The normalized spacial score (nSPS) is 15.6. The number of carbonyl (C=O) groups is 1. The van der Waals surface area contributed by atoms with E-state index in [9.17, 15) is 4.79 Å². The third kappa shape index (κ3) is 3.29. The fourth-order valence-corrected chi connectivity index (χ4v) is 3.68. The van der Waals surface area contributed by atoms with Gasteiger partial charge in [0, 0.05) is 31.0 Å². The van der Waals surface area contributed by atoms with Crippen LogP contribution in [0.1, 0.15) is 17.3 Å². The van der Waals surface area contributed by atoms with Crippen molar-refractivity contribution in [2.45, 2.75) is 12.6 Å². The minimum Gasteiger partial charge on any atom is -0.497 e. The van der Waals surface area contributed by atoms with Crippen LogP contribution in [0.3, 0.4) is 0 Å². The van der Waals surface area contributed by atoms with E-state index in [0.29, 0.717) is 23.7 Å². The summed E-state index contributed by atoms with van der Waals surface area (Å²) in [6.07, 6.45) is 2.06. The van der Waals surface area contributed by atoms with Crippen LogP contribution < -0.4 is 14.8 Å². The van der Waals surface area contributed by atoms with Crippen molar-refractivity contribution >= 4 is 11.7 Å². The minimum atomic E-state index is -0.162. The van der Waals surface area contributed by atoms with Gasteiger partial charge in [-0.15, -0.1) is 0 Å². The maximum Gasteiger partial charge on any atom is 0.322 e. The molecule has 6 nitrogen and oxygen atoms in total. The lowest BCUT2D eigenvalue weighted by Gasteiger charge is -2.37. The molecule has 28 heavy (non-hydrogen) atoms. The summed E-state index contributed by atoms with van der Waals surface area (Å²) in [4.78, 5) is 15.1. The number of benzene rings is 2. The molecule has 1 aliphatic heterocycles. The van der Waals surface area contributed by atoms with Crippen molar-refractivity contribution in [3.05, 3.63) is 78.1 Å². The van der Waals surface area contributed by atoms with Crippen molar-refractivity contribution in [2.75, 3.05) is 26.1 Å². The number of amides is 2. The first kappa shape index (κ1) is 18.0. The number of fused-ring (bicyclic) bond motifs is 1. The number of rotatable bonds is 4. The summed E-state index contributed by atoms with van der Waals surface area (Å²) >= 11 is 0. The van der Waals surface area contributed by atoms with E-state index < -0.39 is 0 Å². The van der Waals surface area contributed by atoms with Crippen LogP contribution >= 0.6 is 0 Å². The lowest BCUT2D eigenvalue weighted by atomic mass is 10.0. The maximum atomic E-state index is 13.2. The van der Waals surface area contributed by atoms with Gasteiger partial charge in [0.1, 0.15) is 11.5 Å².